The molecule has 2 rings (SSSR count). The quantitative estimate of drug-likeness (QED) is 0.183. The number of carboxylic acid groups (broad SMARTS) is 2. The summed E-state index contributed by atoms with van der Waals surface area (Å²) in [6.07, 6.45) is 3.02. The van der Waals surface area contributed by atoms with Gasteiger partial charge in [-0.15, -0.1) is 0 Å². The number of hydrogen-bond donors (Lipinski definition) is 6. The van der Waals surface area contributed by atoms with Crippen molar-refractivity contribution in [3.05, 3.63) is 36.0 Å². The van der Waals surface area contributed by atoms with Crippen molar-refractivity contribution in [2.24, 2.45) is 11.7 Å². The van der Waals surface area contributed by atoms with Gasteiger partial charge in [-0.3, -0.25) is 19.2 Å². The van der Waals surface area contributed by atoms with Crippen LogP contribution in [0.2, 0.25) is 0 Å². The number of H-pyrrole nitrogens is 1. The Hall–Kier alpha value is -3.73. The molecule has 1 aromatic carbocycles. The second-order valence-electron chi connectivity index (χ2n) is 9.11. The molecule has 2 aromatic rings. The number of hydrogen-bond acceptors (Lipinski definition) is 6. The minimum absolute atomic E-state index is 0.0369. The zero-order chi connectivity index (χ0) is 27.4. The van der Waals surface area contributed by atoms with Gasteiger partial charge in [-0.2, -0.15) is 0 Å². The highest BCUT2D eigenvalue weighted by molar-refractivity contribution is 5.91. The van der Waals surface area contributed by atoms with Crippen molar-refractivity contribution < 1.29 is 34.2 Å². The number of aromatic amines is 1. The van der Waals surface area contributed by atoms with Crippen LogP contribution in [0.15, 0.2) is 30.5 Å². The molecule has 0 fully saturated rings. The summed E-state index contributed by atoms with van der Waals surface area (Å²) in [5.41, 5.74) is 7.78. The summed E-state index contributed by atoms with van der Waals surface area (Å²) >= 11 is 0. The van der Waals surface area contributed by atoms with Gasteiger partial charge < -0.3 is 31.6 Å². The number of ketones is 1. The maximum Gasteiger partial charge on any atom is 0.326 e. The molecule has 37 heavy (non-hydrogen) atoms. The largest absolute Gasteiger partial charge is 0.481 e. The number of carbonyl (C=O) groups is 5. The van der Waals surface area contributed by atoms with Crippen LogP contribution in [0.5, 0.6) is 0 Å². The standard InChI is InChI=1S/C26H36N4O7/c1-2-6-19(27)22(31)14-16(13-17-15-29-20-8-4-3-7-18(17)20)25(35)28-12-11-21(26(36)37)30-23(32)9-5-10-24(33)34/h3-4,7-8,15-16,19,21,29H,2,5-6,9-14,27H2,1H3,(H,28,35)(H,30,32)(H,33,34)(H,36,37)/t16-,19-,21+/m0/s1. The third-order valence-electron chi connectivity index (χ3n) is 6.13. The first-order valence-corrected chi connectivity index (χ1v) is 12.5. The van der Waals surface area contributed by atoms with Crippen molar-refractivity contribution in [1.82, 2.24) is 15.6 Å². The van der Waals surface area contributed by atoms with E-state index in [0.717, 1.165) is 22.9 Å². The molecule has 0 saturated carbocycles. The van der Waals surface area contributed by atoms with Crippen LogP contribution < -0.4 is 16.4 Å². The van der Waals surface area contributed by atoms with E-state index in [1.807, 2.05) is 37.4 Å². The molecule has 11 heteroatoms. The van der Waals surface area contributed by atoms with Crippen molar-refractivity contribution >= 4 is 40.4 Å². The summed E-state index contributed by atoms with van der Waals surface area (Å²) in [7, 11) is 0. The van der Waals surface area contributed by atoms with Crippen molar-refractivity contribution in [1.29, 1.82) is 0 Å². The van der Waals surface area contributed by atoms with Gasteiger partial charge in [-0.05, 0) is 37.3 Å². The van der Waals surface area contributed by atoms with E-state index in [-0.39, 0.29) is 44.4 Å². The molecule has 0 aliphatic heterocycles. The Balaban J connectivity index is 2.02. The number of aromatic nitrogens is 1. The summed E-state index contributed by atoms with van der Waals surface area (Å²) in [6, 6.07) is 5.72. The third-order valence-corrected chi connectivity index (χ3v) is 6.13. The Labute approximate surface area is 215 Å². The average Bonchev–Trinajstić information content (AvgIpc) is 3.25. The zero-order valence-electron chi connectivity index (χ0n) is 21.0. The lowest BCUT2D eigenvalue weighted by Crippen LogP contribution is -2.44. The summed E-state index contributed by atoms with van der Waals surface area (Å²) < 4.78 is 0. The van der Waals surface area contributed by atoms with Gasteiger partial charge in [0.25, 0.3) is 0 Å². The zero-order valence-corrected chi connectivity index (χ0v) is 21.0. The smallest absolute Gasteiger partial charge is 0.326 e. The number of nitrogens with two attached hydrogens (primary N) is 1. The van der Waals surface area contributed by atoms with E-state index in [2.05, 4.69) is 15.6 Å². The van der Waals surface area contributed by atoms with Crippen LogP contribution in [0.4, 0.5) is 0 Å². The second kappa shape index (κ2) is 14.7. The predicted octanol–water partition coefficient (Wildman–Crippen LogP) is 1.74. The average molecular weight is 517 g/mol. The number of rotatable bonds is 17. The minimum atomic E-state index is -1.27. The van der Waals surface area contributed by atoms with E-state index >= 15 is 0 Å². The summed E-state index contributed by atoms with van der Waals surface area (Å²) in [5.74, 6) is -4.20. The Morgan fingerprint density at radius 3 is 2.46 bits per heavy atom. The van der Waals surface area contributed by atoms with Gasteiger partial charge in [0, 0.05) is 48.8 Å². The van der Waals surface area contributed by atoms with Gasteiger partial charge in [-0.25, -0.2) is 4.79 Å². The number of carboxylic acids is 2. The van der Waals surface area contributed by atoms with Crippen LogP contribution in [0.1, 0.15) is 57.4 Å². The topological polar surface area (TPSA) is 192 Å². The van der Waals surface area contributed by atoms with E-state index in [9.17, 15) is 29.1 Å². The van der Waals surface area contributed by atoms with Crippen LogP contribution in [0.25, 0.3) is 10.9 Å². The SMILES string of the molecule is CCC[C@H](N)C(=O)C[C@H](Cc1c[nH]c2ccccc12)C(=O)NCC[C@@H](NC(=O)CCCC(=O)O)C(=O)O. The molecule has 2 amide bonds. The number of amides is 2. The number of aliphatic carboxylic acids is 2. The number of fused-ring (bicyclic) bond motifs is 1. The summed E-state index contributed by atoms with van der Waals surface area (Å²) in [6.45, 7) is 1.89. The van der Waals surface area contributed by atoms with E-state index in [1.54, 1.807) is 0 Å². The molecule has 202 valence electrons. The van der Waals surface area contributed by atoms with Crippen molar-refractivity contribution in [2.75, 3.05) is 6.54 Å². The molecule has 3 atom stereocenters. The highest BCUT2D eigenvalue weighted by Gasteiger charge is 2.27. The molecule has 1 aromatic heterocycles. The van der Waals surface area contributed by atoms with Gasteiger partial charge in [0.1, 0.15) is 11.8 Å². The fourth-order valence-corrected chi connectivity index (χ4v) is 4.10. The molecular weight excluding hydrogens is 480 g/mol. The first-order chi connectivity index (χ1) is 17.6. The third kappa shape index (κ3) is 9.68. The summed E-state index contributed by atoms with van der Waals surface area (Å²) in [5, 5.41) is 24.1. The van der Waals surface area contributed by atoms with Crippen molar-refractivity contribution in [2.45, 2.75) is 70.4 Å². The number of para-hydroxylation sites is 1. The first-order valence-electron chi connectivity index (χ1n) is 12.5. The molecule has 0 bridgehead atoms. The summed E-state index contributed by atoms with van der Waals surface area (Å²) in [4.78, 5) is 63.0. The second-order valence-corrected chi connectivity index (χ2v) is 9.11. The predicted molar refractivity (Wildman–Crippen MR) is 137 cm³/mol. The Bertz CT molecular complexity index is 1100. The maximum absolute atomic E-state index is 13.1. The molecule has 0 unspecified atom stereocenters. The van der Waals surface area contributed by atoms with Crippen LogP contribution in [-0.2, 0) is 30.4 Å². The van der Waals surface area contributed by atoms with Crippen molar-refractivity contribution in [3.63, 3.8) is 0 Å². The number of nitrogens with one attached hydrogen (secondary N) is 3. The lowest BCUT2D eigenvalue weighted by atomic mass is 9.90. The van der Waals surface area contributed by atoms with Gasteiger partial charge in [0.2, 0.25) is 11.8 Å². The molecule has 0 aliphatic carbocycles. The number of benzene rings is 1. The van der Waals surface area contributed by atoms with Crippen LogP contribution in [0, 0.1) is 5.92 Å². The van der Waals surface area contributed by atoms with E-state index in [1.165, 1.54) is 0 Å². The van der Waals surface area contributed by atoms with Gasteiger partial charge >= 0.3 is 11.9 Å². The highest BCUT2D eigenvalue weighted by Crippen LogP contribution is 2.23. The minimum Gasteiger partial charge on any atom is -0.481 e. The Kier molecular flexibility index (Phi) is 11.8. The lowest BCUT2D eigenvalue weighted by molar-refractivity contribution is -0.142. The van der Waals surface area contributed by atoms with Crippen LogP contribution in [0.3, 0.4) is 0 Å². The maximum atomic E-state index is 13.1. The molecule has 0 aliphatic rings. The lowest BCUT2D eigenvalue weighted by Gasteiger charge is -2.19. The monoisotopic (exact) mass is 516 g/mol. The van der Waals surface area contributed by atoms with Gasteiger partial charge in [0.05, 0.1) is 6.04 Å². The molecule has 0 saturated heterocycles. The normalized spacial score (nSPS) is 13.5. The van der Waals surface area contributed by atoms with Gasteiger partial charge in [-0.1, -0.05) is 31.5 Å². The molecule has 7 N–H and O–H groups in total. The molecular formula is C26H36N4O7. The number of carbonyl (C=O) groups excluding carboxylic acids is 3. The van der Waals surface area contributed by atoms with E-state index < -0.39 is 41.8 Å². The number of Topliss-reactive ketones (excluding diaryl/α,β-unsaturated/α-hetero) is 1. The molecule has 11 nitrogen and oxygen atoms in total. The fourth-order valence-electron chi connectivity index (χ4n) is 4.10. The van der Waals surface area contributed by atoms with Crippen LogP contribution in [-0.4, -0.2) is 63.4 Å². The Morgan fingerprint density at radius 2 is 1.78 bits per heavy atom. The molecule has 0 spiro atoms. The fraction of sp³-hybridized carbons (Fsp3) is 0.500. The van der Waals surface area contributed by atoms with Crippen LogP contribution >= 0.6 is 0 Å². The first kappa shape index (κ1) is 29.5. The van der Waals surface area contributed by atoms with Crippen molar-refractivity contribution in [3.8, 4) is 0 Å². The molecule has 1 heterocycles. The van der Waals surface area contributed by atoms with Gasteiger partial charge in [0.15, 0.2) is 0 Å². The van der Waals surface area contributed by atoms with E-state index in [4.69, 9.17) is 10.8 Å². The van der Waals surface area contributed by atoms with E-state index in [0.29, 0.717) is 12.8 Å². The molecule has 0 radical (unpaired) electrons. The highest BCUT2D eigenvalue weighted by atomic mass is 16.4. The Morgan fingerprint density at radius 1 is 1.05 bits per heavy atom.